The molecule has 0 aliphatic carbocycles. The number of hydrogen-bond donors (Lipinski definition) is 1. The first kappa shape index (κ1) is 7.98. The normalized spacial score (nSPS) is 10.8. The fraction of sp³-hybridized carbons (Fsp3) is 0. The molecule has 0 aromatic heterocycles. The van der Waals surface area contributed by atoms with Gasteiger partial charge in [-0.25, -0.2) is 0 Å². The molecule has 5 heteroatoms. The summed E-state index contributed by atoms with van der Waals surface area (Å²) in [4.78, 5) is 10.0. The zero-order chi connectivity index (χ0) is 8.27. The predicted molar refractivity (Wildman–Crippen MR) is 39.1 cm³/mol. The van der Waals surface area contributed by atoms with E-state index in [2.05, 4.69) is 4.52 Å². The maximum absolute atomic E-state index is 10.0. The van der Waals surface area contributed by atoms with Crippen LogP contribution in [0.1, 0.15) is 0 Å². The van der Waals surface area contributed by atoms with Gasteiger partial charge in [0, 0.05) is 5.69 Å². The Morgan fingerprint density at radius 1 is 1.36 bits per heavy atom. The first-order valence-corrected chi connectivity index (χ1v) is 3.96. The first-order valence-electron chi connectivity index (χ1n) is 2.86. The smallest absolute Gasteiger partial charge is 0.539 e. The topological polar surface area (TPSA) is 75.4 Å². The third kappa shape index (κ3) is 2.53. The van der Waals surface area contributed by atoms with Crippen LogP contribution in [0.25, 0.3) is 0 Å². The SMILES string of the molecule is Nc1ccc(O[P+](=O)[O-])cc1. The number of hydrogen-bond acceptors (Lipinski definition) is 4. The van der Waals surface area contributed by atoms with Gasteiger partial charge in [0.25, 0.3) is 0 Å². The van der Waals surface area contributed by atoms with E-state index in [-0.39, 0.29) is 5.75 Å². The van der Waals surface area contributed by atoms with E-state index in [1.54, 1.807) is 12.1 Å². The van der Waals surface area contributed by atoms with Crippen LogP contribution >= 0.6 is 8.25 Å². The fourth-order valence-corrected chi connectivity index (χ4v) is 0.909. The monoisotopic (exact) mass is 171 g/mol. The van der Waals surface area contributed by atoms with Crippen molar-refractivity contribution in [2.24, 2.45) is 0 Å². The van der Waals surface area contributed by atoms with Gasteiger partial charge in [-0.1, -0.05) is 0 Å². The standard InChI is InChI=1S/C6H6NO3P/c7-5-1-3-6(4-2-5)10-11(8)9/h1-4H,7H2. The number of nitrogen functional groups attached to an aromatic ring is 1. The molecule has 0 radical (unpaired) electrons. The molecule has 1 rings (SSSR count). The number of rotatable bonds is 2. The van der Waals surface area contributed by atoms with Gasteiger partial charge in [0.2, 0.25) is 0 Å². The molecule has 0 amide bonds. The zero-order valence-corrected chi connectivity index (χ0v) is 6.45. The molecule has 0 heterocycles. The average Bonchev–Trinajstić information content (AvgIpc) is 1.93. The van der Waals surface area contributed by atoms with Crippen molar-refractivity contribution in [2.75, 3.05) is 5.73 Å². The van der Waals surface area contributed by atoms with E-state index in [9.17, 15) is 9.46 Å². The van der Waals surface area contributed by atoms with Crippen molar-refractivity contribution in [3.8, 4) is 5.75 Å². The van der Waals surface area contributed by atoms with E-state index in [1.807, 2.05) is 0 Å². The summed E-state index contributed by atoms with van der Waals surface area (Å²) < 4.78 is 14.4. The van der Waals surface area contributed by atoms with Crippen molar-refractivity contribution in [1.82, 2.24) is 0 Å². The maximum Gasteiger partial charge on any atom is 0.539 e. The van der Waals surface area contributed by atoms with Crippen molar-refractivity contribution < 1.29 is 14.0 Å². The van der Waals surface area contributed by atoms with Crippen LogP contribution in [0.2, 0.25) is 0 Å². The molecule has 0 aliphatic heterocycles. The van der Waals surface area contributed by atoms with Crippen LogP contribution < -0.4 is 15.2 Å². The van der Waals surface area contributed by atoms with Crippen molar-refractivity contribution >= 4 is 13.9 Å². The predicted octanol–water partition coefficient (Wildman–Crippen LogP) is 0.665. The molecule has 1 aromatic carbocycles. The van der Waals surface area contributed by atoms with E-state index in [0.717, 1.165) is 0 Å². The highest BCUT2D eigenvalue weighted by atomic mass is 31.1. The van der Waals surface area contributed by atoms with Crippen LogP contribution in [0.5, 0.6) is 5.75 Å². The highest BCUT2D eigenvalue weighted by Gasteiger charge is 2.02. The Balaban J connectivity index is 2.74. The Hall–Kier alpha value is -1.12. The molecule has 1 atom stereocenters. The molecule has 1 aromatic rings. The highest BCUT2D eigenvalue weighted by molar-refractivity contribution is 7.31. The Kier molecular flexibility index (Phi) is 2.41. The summed E-state index contributed by atoms with van der Waals surface area (Å²) in [5, 5.41) is 0. The van der Waals surface area contributed by atoms with E-state index < -0.39 is 8.25 Å². The van der Waals surface area contributed by atoms with Gasteiger partial charge in [0.05, 0.1) is 0 Å². The van der Waals surface area contributed by atoms with Gasteiger partial charge in [0.1, 0.15) is 0 Å². The lowest BCUT2D eigenvalue weighted by Gasteiger charge is -1.94. The number of benzene rings is 1. The molecule has 11 heavy (non-hydrogen) atoms. The molecule has 58 valence electrons. The highest BCUT2D eigenvalue weighted by Crippen LogP contribution is 2.20. The molecule has 0 saturated heterocycles. The van der Waals surface area contributed by atoms with Gasteiger partial charge < -0.3 is 10.6 Å². The Morgan fingerprint density at radius 2 is 1.91 bits per heavy atom. The van der Waals surface area contributed by atoms with Crippen LogP contribution in [0.15, 0.2) is 24.3 Å². The summed E-state index contributed by atoms with van der Waals surface area (Å²) >= 11 is 0. The van der Waals surface area contributed by atoms with Crippen molar-refractivity contribution in [3.05, 3.63) is 24.3 Å². The van der Waals surface area contributed by atoms with E-state index in [0.29, 0.717) is 5.69 Å². The summed E-state index contributed by atoms with van der Waals surface area (Å²) in [5.74, 6) is 0.273. The lowest BCUT2D eigenvalue weighted by atomic mass is 10.3. The lowest BCUT2D eigenvalue weighted by Crippen LogP contribution is -1.93. The molecule has 0 spiro atoms. The molecule has 0 saturated carbocycles. The van der Waals surface area contributed by atoms with Gasteiger partial charge in [0.15, 0.2) is 5.75 Å². The van der Waals surface area contributed by atoms with Gasteiger partial charge in [-0.05, 0) is 28.8 Å². The quantitative estimate of drug-likeness (QED) is 0.524. The second-order valence-electron chi connectivity index (χ2n) is 1.88. The first-order chi connectivity index (χ1) is 5.18. The Bertz CT molecular complexity index is 259. The summed E-state index contributed by atoms with van der Waals surface area (Å²) in [5.41, 5.74) is 5.92. The average molecular weight is 171 g/mol. The second kappa shape index (κ2) is 3.32. The minimum absolute atomic E-state index is 0.273. The number of nitrogens with two attached hydrogens (primary N) is 1. The third-order valence-electron chi connectivity index (χ3n) is 1.06. The Morgan fingerprint density at radius 3 is 2.36 bits per heavy atom. The van der Waals surface area contributed by atoms with Crippen molar-refractivity contribution in [1.29, 1.82) is 0 Å². The van der Waals surface area contributed by atoms with E-state index in [4.69, 9.17) is 5.73 Å². The maximum atomic E-state index is 10.0. The van der Waals surface area contributed by atoms with Crippen molar-refractivity contribution in [2.45, 2.75) is 0 Å². The van der Waals surface area contributed by atoms with Gasteiger partial charge in [-0.2, -0.15) is 0 Å². The second-order valence-corrected chi connectivity index (χ2v) is 2.51. The molecule has 0 aliphatic rings. The lowest BCUT2D eigenvalue weighted by molar-refractivity contribution is -0.178. The van der Waals surface area contributed by atoms with Gasteiger partial charge >= 0.3 is 8.25 Å². The van der Waals surface area contributed by atoms with Crippen LogP contribution in [-0.4, -0.2) is 0 Å². The van der Waals surface area contributed by atoms with Crippen LogP contribution in [0.4, 0.5) is 5.69 Å². The van der Waals surface area contributed by atoms with Crippen LogP contribution in [0.3, 0.4) is 0 Å². The molecule has 4 nitrogen and oxygen atoms in total. The van der Waals surface area contributed by atoms with Gasteiger partial charge in [-0.15, -0.1) is 0 Å². The zero-order valence-electron chi connectivity index (χ0n) is 5.56. The summed E-state index contributed by atoms with van der Waals surface area (Å²) in [6.45, 7) is 0. The molecule has 1 unspecified atom stereocenters. The molecular formula is C6H6NO3P. The third-order valence-corrected chi connectivity index (χ3v) is 1.42. The van der Waals surface area contributed by atoms with Crippen molar-refractivity contribution in [3.63, 3.8) is 0 Å². The minimum atomic E-state index is -2.83. The summed E-state index contributed by atoms with van der Waals surface area (Å²) in [6, 6.07) is 6.10. The van der Waals surface area contributed by atoms with Gasteiger partial charge in [-0.3, -0.25) is 4.52 Å². The summed E-state index contributed by atoms with van der Waals surface area (Å²) in [6.07, 6.45) is 0. The molecule has 0 fully saturated rings. The summed E-state index contributed by atoms with van der Waals surface area (Å²) in [7, 11) is -2.83. The molecule has 2 N–H and O–H groups in total. The Labute approximate surface area is 64.6 Å². The minimum Gasteiger partial charge on any atom is -0.558 e. The van der Waals surface area contributed by atoms with Crippen LogP contribution in [0, 0.1) is 0 Å². The van der Waals surface area contributed by atoms with E-state index >= 15 is 0 Å². The fourth-order valence-electron chi connectivity index (χ4n) is 0.615. The van der Waals surface area contributed by atoms with E-state index in [1.165, 1.54) is 12.1 Å². The number of anilines is 1. The largest absolute Gasteiger partial charge is 0.558 e. The van der Waals surface area contributed by atoms with Crippen LogP contribution in [-0.2, 0) is 4.57 Å². The molecular weight excluding hydrogens is 165 g/mol. The molecule has 0 bridgehead atoms.